The molecule has 1 heterocycles. The number of amides is 7. The maximum atomic E-state index is 14.3. The Balaban J connectivity index is 1.53. The Morgan fingerprint density at radius 2 is 1.03 bits per heavy atom. The van der Waals surface area contributed by atoms with Crippen molar-refractivity contribution in [2.45, 2.75) is 87.2 Å². The van der Waals surface area contributed by atoms with E-state index in [9.17, 15) is 63.3 Å². The lowest BCUT2D eigenvalue weighted by atomic mass is 10.0. The highest BCUT2D eigenvalue weighted by Crippen LogP contribution is 2.20. The SMILES string of the molecule is CSCCC(NC(=O)C(Cc1ccc(O)cc1)NC(=O)C(N)CC(=O)O)C(=O)NCC(=O)NC(Cc1c[nH]c2ccccc12)C(=O)NC(CCSC)C(=O)NC(CC(=O)O)C(=O)NC(Cc1ccccc1)C(=O)O. The number of H-pyrrole nitrogens is 1. The number of carboxylic acid groups (broad SMARTS) is 3. The first-order chi connectivity index (χ1) is 35.3. The molecule has 0 aliphatic heterocycles. The summed E-state index contributed by atoms with van der Waals surface area (Å²) in [6, 6.07) is 10.9. The van der Waals surface area contributed by atoms with E-state index in [-0.39, 0.29) is 43.6 Å². The number of aromatic amines is 1. The summed E-state index contributed by atoms with van der Waals surface area (Å²) in [5.74, 6) is -10.1. The standard InChI is InChI=1S/C49H61N9O14S2/c1-73-18-16-34(54-46(68)36(20-28-12-14-30(59)15-13-28)56-43(65)32(50)23-41(61)62)44(66)52-26-40(60)53-37(22-29-25-51-33-11-7-6-10-31(29)33)47(69)55-35(17-19-74-2)45(67)57-38(24-42(63)64)48(70)58-39(49(71)72)21-27-8-4-3-5-9-27/h3-15,25,32,34-39,51,59H,16-24,26,50H2,1-2H3,(H,52,66)(H,53,60)(H,54,68)(H,55,69)(H,56,65)(H,57,67)(H,58,70)(H,61,62)(H,63,64)(H,71,72). The summed E-state index contributed by atoms with van der Waals surface area (Å²) in [6.07, 6.45) is 3.01. The number of aliphatic carboxylic acids is 3. The average Bonchev–Trinajstić information content (AvgIpc) is 3.77. The van der Waals surface area contributed by atoms with Crippen molar-refractivity contribution in [1.82, 2.24) is 42.2 Å². The van der Waals surface area contributed by atoms with Crippen LogP contribution in [0.3, 0.4) is 0 Å². The number of carbonyl (C=O) groups excluding carboxylic acids is 7. The molecule has 0 spiro atoms. The van der Waals surface area contributed by atoms with Crippen LogP contribution in [0.5, 0.6) is 5.75 Å². The fourth-order valence-electron chi connectivity index (χ4n) is 7.43. The van der Waals surface area contributed by atoms with Crippen LogP contribution in [0.2, 0.25) is 0 Å². The minimum atomic E-state index is -1.77. The van der Waals surface area contributed by atoms with Gasteiger partial charge in [-0.05, 0) is 71.7 Å². The van der Waals surface area contributed by atoms with E-state index in [0.29, 0.717) is 33.3 Å². The number of carbonyl (C=O) groups is 10. The molecule has 3 aromatic carbocycles. The van der Waals surface area contributed by atoms with Crippen LogP contribution < -0.4 is 43.0 Å². The molecule has 7 unspecified atom stereocenters. The van der Waals surface area contributed by atoms with E-state index in [4.69, 9.17) is 10.8 Å². The Morgan fingerprint density at radius 1 is 0.541 bits per heavy atom. The Morgan fingerprint density at radius 3 is 1.62 bits per heavy atom. The van der Waals surface area contributed by atoms with Crippen molar-refractivity contribution in [1.29, 1.82) is 0 Å². The Hall–Kier alpha value is -7.64. The monoisotopic (exact) mass is 1060 g/mol. The molecule has 0 saturated carbocycles. The van der Waals surface area contributed by atoms with Gasteiger partial charge in [-0.2, -0.15) is 23.5 Å². The molecule has 4 aromatic rings. The molecule has 0 fully saturated rings. The quantitative estimate of drug-likeness (QED) is 0.0310. The van der Waals surface area contributed by atoms with Crippen molar-refractivity contribution in [2.24, 2.45) is 5.73 Å². The van der Waals surface area contributed by atoms with E-state index in [0.717, 1.165) is 0 Å². The number of benzene rings is 3. The molecule has 23 nitrogen and oxygen atoms in total. The maximum absolute atomic E-state index is 14.3. The Bertz CT molecular complexity index is 2600. The smallest absolute Gasteiger partial charge is 0.326 e. The van der Waals surface area contributed by atoms with Crippen LogP contribution in [-0.2, 0) is 67.2 Å². The maximum Gasteiger partial charge on any atom is 0.326 e. The fourth-order valence-corrected chi connectivity index (χ4v) is 8.38. The van der Waals surface area contributed by atoms with Gasteiger partial charge in [-0.3, -0.25) is 43.2 Å². The fraction of sp³-hybridized carbons (Fsp3) is 0.388. The summed E-state index contributed by atoms with van der Waals surface area (Å²) in [4.78, 5) is 134. The molecule has 7 atom stereocenters. The molecule has 14 N–H and O–H groups in total. The van der Waals surface area contributed by atoms with E-state index < -0.39 is 121 Å². The number of para-hydroxylation sites is 1. The van der Waals surface area contributed by atoms with E-state index >= 15 is 0 Å². The minimum absolute atomic E-state index is 0.0342. The molecule has 0 radical (unpaired) electrons. The number of nitrogens with two attached hydrogens (primary N) is 1. The van der Waals surface area contributed by atoms with Gasteiger partial charge < -0.3 is 68.4 Å². The highest BCUT2D eigenvalue weighted by Gasteiger charge is 2.34. The number of nitrogens with one attached hydrogen (secondary N) is 8. The van der Waals surface area contributed by atoms with Crippen LogP contribution in [0.25, 0.3) is 10.9 Å². The number of phenolic OH excluding ortho intramolecular Hbond substituents is 1. The number of aromatic nitrogens is 1. The van der Waals surface area contributed by atoms with Crippen molar-refractivity contribution in [3.05, 3.63) is 102 Å². The average molecular weight is 1060 g/mol. The molecule has 0 aliphatic rings. The van der Waals surface area contributed by atoms with Crippen molar-refractivity contribution in [3.8, 4) is 5.75 Å². The summed E-state index contributed by atoms with van der Waals surface area (Å²) in [7, 11) is 0. The Kier molecular flexibility index (Phi) is 23.7. The topological polar surface area (TPSA) is 378 Å². The van der Waals surface area contributed by atoms with Gasteiger partial charge in [0.25, 0.3) is 0 Å². The lowest BCUT2D eigenvalue weighted by Crippen LogP contribution is -2.59. The van der Waals surface area contributed by atoms with E-state index in [1.165, 1.54) is 47.8 Å². The third-order valence-corrected chi connectivity index (χ3v) is 12.6. The number of phenols is 1. The Labute approximate surface area is 433 Å². The molecular formula is C49H61N9O14S2. The number of aromatic hydroxyl groups is 1. The van der Waals surface area contributed by atoms with Gasteiger partial charge in [0.1, 0.15) is 42.0 Å². The van der Waals surface area contributed by atoms with Crippen LogP contribution in [-0.4, -0.2) is 158 Å². The summed E-state index contributed by atoms with van der Waals surface area (Å²) < 4.78 is 0. The van der Waals surface area contributed by atoms with Crippen LogP contribution in [0.4, 0.5) is 0 Å². The van der Waals surface area contributed by atoms with Crippen LogP contribution in [0.15, 0.2) is 85.1 Å². The van der Waals surface area contributed by atoms with Gasteiger partial charge in [-0.1, -0.05) is 60.7 Å². The number of fused-ring (bicyclic) bond motifs is 1. The third-order valence-electron chi connectivity index (χ3n) is 11.3. The zero-order chi connectivity index (χ0) is 54.3. The molecular weight excluding hydrogens is 1000 g/mol. The van der Waals surface area contributed by atoms with Crippen LogP contribution >= 0.6 is 23.5 Å². The van der Waals surface area contributed by atoms with Crippen LogP contribution in [0.1, 0.15) is 42.4 Å². The van der Waals surface area contributed by atoms with Gasteiger partial charge in [-0.15, -0.1) is 0 Å². The first-order valence-corrected chi connectivity index (χ1v) is 25.9. The van der Waals surface area contributed by atoms with E-state index in [1.54, 1.807) is 73.3 Å². The molecule has 0 bridgehead atoms. The first-order valence-electron chi connectivity index (χ1n) is 23.1. The zero-order valence-corrected chi connectivity index (χ0v) is 42.1. The summed E-state index contributed by atoms with van der Waals surface area (Å²) in [5.41, 5.74) is 8.09. The first kappa shape index (κ1) is 58.9. The molecule has 4 rings (SSSR count). The molecule has 1 aromatic heterocycles. The highest BCUT2D eigenvalue weighted by molar-refractivity contribution is 7.98. The summed E-state index contributed by atoms with van der Waals surface area (Å²) >= 11 is 2.66. The number of rotatable bonds is 31. The molecule has 25 heteroatoms. The minimum Gasteiger partial charge on any atom is -0.508 e. The largest absolute Gasteiger partial charge is 0.508 e. The number of hydrogen-bond acceptors (Lipinski definition) is 14. The van der Waals surface area contributed by atoms with Gasteiger partial charge in [-0.25, -0.2) is 4.79 Å². The predicted molar refractivity (Wildman–Crippen MR) is 275 cm³/mol. The van der Waals surface area contributed by atoms with Crippen molar-refractivity contribution < 1.29 is 68.4 Å². The molecule has 0 aliphatic carbocycles. The lowest BCUT2D eigenvalue weighted by Gasteiger charge is -2.26. The summed E-state index contributed by atoms with van der Waals surface area (Å²) in [5, 5.41) is 56.6. The molecule has 398 valence electrons. The second-order valence-electron chi connectivity index (χ2n) is 17.0. The molecule has 0 saturated heterocycles. The molecule has 7 amide bonds. The normalized spacial score (nSPS) is 13.8. The van der Waals surface area contributed by atoms with Crippen molar-refractivity contribution >= 4 is 93.7 Å². The highest BCUT2D eigenvalue weighted by atomic mass is 32.2. The van der Waals surface area contributed by atoms with E-state index in [1.807, 2.05) is 0 Å². The van der Waals surface area contributed by atoms with Gasteiger partial charge in [0.2, 0.25) is 41.4 Å². The second kappa shape index (κ2) is 29.8. The van der Waals surface area contributed by atoms with Gasteiger partial charge >= 0.3 is 17.9 Å². The second-order valence-corrected chi connectivity index (χ2v) is 18.9. The zero-order valence-electron chi connectivity index (χ0n) is 40.5. The van der Waals surface area contributed by atoms with Gasteiger partial charge in [0.05, 0.1) is 25.4 Å². The summed E-state index contributed by atoms with van der Waals surface area (Å²) in [6.45, 7) is -0.718. The van der Waals surface area contributed by atoms with Crippen molar-refractivity contribution in [3.63, 3.8) is 0 Å². The third kappa shape index (κ3) is 19.4. The lowest BCUT2D eigenvalue weighted by molar-refractivity contribution is -0.143. The van der Waals surface area contributed by atoms with Crippen molar-refractivity contribution in [2.75, 3.05) is 30.6 Å². The number of thioether (sulfide) groups is 2. The van der Waals surface area contributed by atoms with Gasteiger partial charge in [0, 0.05) is 36.4 Å². The molecule has 74 heavy (non-hydrogen) atoms. The van der Waals surface area contributed by atoms with Gasteiger partial charge in [0.15, 0.2) is 0 Å². The predicted octanol–water partition coefficient (Wildman–Crippen LogP) is -0.206. The number of hydrogen-bond donors (Lipinski definition) is 13. The number of carboxylic acids is 3. The van der Waals surface area contributed by atoms with E-state index in [2.05, 4.69) is 42.2 Å². The van der Waals surface area contributed by atoms with Crippen LogP contribution in [0, 0.1) is 0 Å².